The maximum atomic E-state index is 13.7. The van der Waals surface area contributed by atoms with Crippen molar-refractivity contribution in [2.45, 2.75) is 24.7 Å². The lowest BCUT2D eigenvalue weighted by molar-refractivity contribution is -0.162. The molecule has 0 heterocycles. The van der Waals surface area contributed by atoms with Crippen molar-refractivity contribution < 1.29 is 71.6 Å². The molecule has 0 aliphatic carbocycles. The van der Waals surface area contributed by atoms with E-state index >= 15 is 0 Å². The lowest BCUT2D eigenvalue weighted by Gasteiger charge is -2.22. The number of hydrogen-bond acceptors (Lipinski definition) is 8. The third-order valence-corrected chi connectivity index (χ3v) is 7.88. The van der Waals surface area contributed by atoms with Crippen LogP contribution in [-0.2, 0) is 24.7 Å². The Morgan fingerprint density at radius 1 is 0.333 bits per heavy atom. The number of para-hydroxylation sites is 4. The molecule has 0 saturated heterocycles. The minimum atomic E-state index is -5.41. The Labute approximate surface area is 331 Å². The van der Waals surface area contributed by atoms with Gasteiger partial charge in [-0.25, -0.2) is 0 Å². The van der Waals surface area contributed by atoms with E-state index in [1.165, 1.54) is 78.9 Å². The van der Waals surface area contributed by atoms with E-state index < -0.39 is 70.0 Å². The van der Waals surface area contributed by atoms with Crippen LogP contribution in [0, 0.1) is 0 Å². The average molecular weight is 857 g/mol. The molecule has 0 aliphatic heterocycles. The average Bonchev–Trinajstić information content (AvgIpc) is 3.14. The van der Waals surface area contributed by atoms with E-state index in [9.17, 15) is 52.7 Å². The number of benzene rings is 6. The van der Waals surface area contributed by atoms with Gasteiger partial charge in [-0.1, -0.05) is 24.3 Å². The fourth-order valence-electron chi connectivity index (χ4n) is 5.18. The first-order valence-electron chi connectivity index (χ1n) is 16.7. The largest absolute Gasteiger partial charge is 0.457 e. The van der Waals surface area contributed by atoms with E-state index in [0.29, 0.717) is 0 Å². The highest BCUT2D eigenvalue weighted by Crippen LogP contribution is 2.51. The van der Waals surface area contributed by atoms with Gasteiger partial charge in [-0.2, -0.15) is 52.7 Å². The molecule has 0 bridgehead atoms. The van der Waals surface area contributed by atoms with Crippen molar-refractivity contribution in [3.05, 3.63) is 144 Å². The summed E-state index contributed by atoms with van der Waals surface area (Å²) in [6.07, 6.45) is -20.1. The highest BCUT2D eigenvalue weighted by Gasteiger charge is 2.47. The lowest BCUT2D eigenvalue weighted by atomic mass is 10.0. The quantitative estimate of drug-likeness (QED) is 0.0876. The molecule has 0 spiro atoms. The first-order valence-corrected chi connectivity index (χ1v) is 16.7. The number of nitrogen functional groups attached to an aromatic ring is 4. The maximum Gasteiger partial charge on any atom is 0.420 e. The molecule has 60 heavy (non-hydrogen) atoms. The molecular weight excluding hydrogens is 828 g/mol. The zero-order valence-corrected chi connectivity index (χ0v) is 30.0. The summed E-state index contributed by atoms with van der Waals surface area (Å²) in [5.74, 6) is -3.03. The Morgan fingerprint density at radius 2 is 0.717 bits per heavy atom. The zero-order valence-electron chi connectivity index (χ0n) is 30.0. The predicted molar refractivity (Wildman–Crippen MR) is 197 cm³/mol. The number of alkyl halides is 12. The first kappa shape index (κ1) is 44.0. The van der Waals surface area contributed by atoms with Crippen molar-refractivity contribution in [3.63, 3.8) is 0 Å². The van der Waals surface area contributed by atoms with Gasteiger partial charge in [-0.15, -0.1) is 0 Å². The second-order valence-electron chi connectivity index (χ2n) is 12.3. The van der Waals surface area contributed by atoms with Crippen molar-refractivity contribution in [1.29, 1.82) is 0 Å². The van der Waals surface area contributed by atoms with Gasteiger partial charge in [-0.3, -0.25) is 0 Å². The predicted octanol–water partition coefficient (Wildman–Crippen LogP) is 12.9. The Balaban J connectivity index is 0.000000228. The summed E-state index contributed by atoms with van der Waals surface area (Å²) in [5, 5.41) is 0. The molecular formula is C40H28F12N4O4. The molecule has 0 amide bonds. The molecule has 0 atom stereocenters. The van der Waals surface area contributed by atoms with Gasteiger partial charge in [0, 0.05) is 11.4 Å². The van der Waals surface area contributed by atoms with Crippen molar-refractivity contribution in [1.82, 2.24) is 0 Å². The van der Waals surface area contributed by atoms with Crippen LogP contribution in [0.3, 0.4) is 0 Å². The van der Waals surface area contributed by atoms with Crippen LogP contribution in [-0.4, -0.2) is 0 Å². The highest BCUT2D eigenvalue weighted by molar-refractivity contribution is 5.62. The smallest absolute Gasteiger partial charge is 0.420 e. The molecule has 0 aliphatic rings. The Kier molecular flexibility index (Phi) is 12.5. The fourth-order valence-corrected chi connectivity index (χ4v) is 5.18. The minimum absolute atomic E-state index is 0.0194. The summed E-state index contributed by atoms with van der Waals surface area (Å²) in [7, 11) is 0. The van der Waals surface area contributed by atoms with Crippen LogP contribution in [0.5, 0.6) is 46.0 Å². The van der Waals surface area contributed by atoms with Crippen molar-refractivity contribution in [2.24, 2.45) is 0 Å². The van der Waals surface area contributed by atoms with Crippen molar-refractivity contribution >= 4 is 22.7 Å². The summed E-state index contributed by atoms with van der Waals surface area (Å²) < 4.78 is 181. The van der Waals surface area contributed by atoms with Crippen LogP contribution in [0.4, 0.5) is 75.4 Å². The van der Waals surface area contributed by atoms with Crippen molar-refractivity contribution in [2.75, 3.05) is 22.9 Å². The maximum absolute atomic E-state index is 13.7. The zero-order chi connectivity index (χ0) is 44.2. The molecule has 0 aromatic heterocycles. The summed E-state index contributed by atoms with van der Waals surface area (Å²) in [6.45, 7) is 0. The number of ether oxygens (including phenoxy) is 4. The topological polar surface area (TPSA) is 141 Å². The molecule has 8 N–H and O–H groups in total. The summed E-state index contributed by atoms with van der Waals surface area (Å²) in [4.78, 5) is 0. The van der Waals surface area contributed by atoms with Crippen LogP contribution in [0.25, 0.3) is 0 Å². The molecule has 6 aromatic carbocycles. The van der Waals surface area contributed by atoms with Gasteiger partial charge in [0.1, 0.15) is 39.7 Å². The van der Waals surface area contributed by atoms with Gasteiger partial charge >= 0.3 is 24.7 Å². The van der Waals surface area contributed by atoms with Crippen LogP contribution in [0.15, 0.2) is 121 Å². The monoisotopic (exact) mass is 856 g/mol. The Morgan fingerprint density at radius 3 is 1.10 bits per heavy atom. The second kappa shape index (κ2) is 17.0. The van der Waals surface area contributed by atoms with Gasteiger partial charge in [0.2, 0.25) is 0 Å². The van der Waals surface area contributed by atoms with E-state index in [1.54, 1.807) is 6.07 Å². The van der Waals surface area contributed by atoms with Gasteiger partial charge < -0.3 is 41.9 Å². The molecule has 20 heteroatoms. The first-order chi connectivity index (χ1) is 27.9. The van der Waals surface area contributed by atoms with E-state index in [0.717, 1.165) is 30.3 Å². The molecule has 0 radical (unpaired) electrons. The standard InChI is InChI=1S/2C20H14F6N2O2/c21-19(22,23)15-9-11(27)1-7-17(15)29-13-3-5-14(6-4-13)30-18-8-2-12(28)10-16(18)20(24,25)26;21-19(22,23)11-9-10-16(29-14-7-3-1-5-12(14)27)18(17(11)20(24,25)26)30-15-8-4-2-6-13(15)28/h2*1-10H,27-28H2. The van der Waals surface area contributed by atoms with Crippen LogP contribution >= 0.6 is 0 Å². The molecule has 316 valence electrons. The summed E-state index contributed by atoms with van der Waals surface area (Å²) in [6, 6.07) is 23.4. The summed E-state index contributed by atoms with van der Waals surface area (Å²) in [5.41, 5.74) is 16.0. The highest BCUT2D eigenvalue weighted by atomic mass is 19.4. The van der Waals surface area contributed by atoms with Gasteiger partial charge in [-0.05, 0) is 97.1 Å². The van der Waals surface area contributed by atoms with Gasteiger partial charge in [0.05, 0.1) is 16.9 Å². The number of hydrogen-bond donors (Lipinski definition) is 4. The van der Waals surface area contributed by atoms with E-state index in [1.807, 2.05) is 0 Å². The molecule has 6 aromatic rings. The Bertz CT molecular complexity index is 2370. The molecule has 6 rings (SSSR count). The lowest BCUT2D eigenvalue weighted by Crippen LogP contribution is -2.18. The van der Waals surface area contributed by atoms with Crippen molar-refractivity contribution in [3.8, 4) is 46.0 Å². The van der Waals surface area contributed by atoms with E-state index in [4.69, 9.17) is 41.9 Å². The molecule has 0 saturated carbocycles. The van der Waals surface area contributed by atoms with Crippen LogP contribution in [0.1, 0.15) is 22.3 Å². The van der Waals surface area contributed by atoms with E-state index in [-0.39, 0.29) is 51.8 Å². The number of nitrogens with two attached hydrogens (primary N) is 4. The number of rotatable bonds is 8. The van der Waals surface area contributed by atoms with Gasteiger partial charge in [0.15, 0.2) is 23.0 Å². The van der Waals surface area contributed by atoms with Crippen LogP contribution in [0.2, 0.25) is 0 Å². The molecule has 8 nitrogen and oxygen atoms in total. The number of halogens is 12. The Hall–Kier alpha value is -7.12. The molecule has 0 unspecified atom stereocenters. The van der Waals surface area contributed by atoms with E-state index in [2.05, 4.69) is 0 Å². The summed E-state index contributed by atoms with van der Waals surface area (Å²) >= 11 is 0. The number of anilines is 4. The fraction of sp³-hybridized carbons (Fsp3) is 0.100. The minimum Gasteiger partial charge on any atom is -0.457 e. The third kappa shape index (κ3) is 10.9. The normalized spacial score (nSPS) is 11.9. The third-order valence-electron chi connectivity index (χ3n) is 7.88. The van der Waals surface area contributed by atoms with Gasteiger partial charge in [0.25, 0.3) is 0 Å². The SMILES string of the molecule is Nc1ccc(Oc2ccc(Oc3ccc(N)cc3C(F)(F)F)cc2)c(C(F)(F)F)c1.Nc1ccccc1Oc1ccc(C(F)(F)F)c(C(F)(F)F)c1Oc1ccccc1N. The molecule has 0 fully saturated rings. The second-order valence-corrected chi connectivity index (χ2v) is 12.3. The van der Waals surface area contributed by atoms with Crippen LogP contribution < -0.4 is 41.9 Å².